The Bertz CT molecular complexity index is 1240. The number of benzene rings is 2. The fourth-order valence-electron chi connectivity index (χ4n) is 5.14. The van der Waals surface area contributed by atoms with E-state index in [-0.39, 0.29) is 12.3 Å². The first kappa shape index (κ1) is 33.3. The molecule has 0 bridgehead atoms. The molecule has 0 aliphatic carbocycles. The maximum absolute atomic E-state index is 13.5. The molecule has 0 spiro atoms. The van der Waals surface area contributed by atoms with E-state index in [4.69, 9.17) is 21.1 Å². The quantitative estimate of drug-likeness (QED) is 0.150. The van der Waals surface area contributed by atoms with Gasteiger partial charge in [0, 0.05) is 38.1 Å². The minimum atomic E-state index is -0.752. The molecule has 0 saturated heterocycles. The predicted molar refractivity (Wildman–Crippen MR) is 172 cm³/mol. The number of unbranched alkanes of at least 4 members (excludes halogenated alkanes) is 2. The zero-order chi connectivity index (χ0) is 30.7. The Morgan fingerprint density at radius 1 is 1.10 bits per heavy atom. The van der Waals surface area contributed by atoms with Crippen LogP contribution < -0.4 is 9.64 Å². The third kappa shape index (κ3) is 9.94. The van der Waals surface area contributed by atoms with Gasteiger partial charge in [-0.2, -0.15) is 0 Å². The Morgan fingerprint density at radius 3 is 2.60 bits per heavy atom. The number of rotatable bonds is 11. The number of carbonyl (C=O) groups is 2. The molecule has 1 heterocycles. The van der Waals surface area contributed by atoms with Gasteiger partial charge in [0.1, 0.15) is 18.0 Å². The van der Waals surface area contributed by atoms with Gasteiger partial charge in [-0.05, 0) is 100 Å². The molecule has 0 aromatic heterocycles. The molecule has 228 valence electrons. The molecule has 42 heavy (non-hydrogen) atoms. The lowest BCUT2D eigenvalue weighted by Crippen LogP contribution is -2.33. The average Bonchev–Trinajstić information content (AvgIpc) is 2.96. The molecule has 1 amide bonds. The number of fused-ring (bicyclic) bond motifs is 2. The Balaban J connectivity index is 2.03. The SMILES string of the molecule is C=CCCCCN1CCCCc2cc(Cl)ccc2COc2ccc([C@@H](CC(=O)N(C)CC=C)C(=O)OC(C)(C)C)cc21. The second-order valence-electron chi connectivity index (χ2n) is 12.0. The van der Waals surface area contributed by atoms with Gasteiger partial charge < -0.3 is 19.3 Å². The fourth-order valence-corrected chi connectivity index (χ4v) is 5.34. The van der Waals surface area contributed by atoms with Gasteiger partial charge in [-0.25, -0.2) is 0 Å². The summed E-state index contributed by atoms with van der Waals surface area (Å²) in [7, 11) is 1.72. The van der Waals surface area contributed by atoms with Crippen LogP contribution in [0, 0.1) is 0 Å². The highest BCUT2D eigenvalue weighted by atomic mass is 35.5. The number of allylic oxidation sites excluding steroid dienone is 1. The van der Waals surface area contributed by atoms with Gasteiger partial charge in [0.2, 0.25) is 5.91 Å². The lowest BCUT2D eigenvalue weighted by Gasteiger charge is -2.29. The van der Waals surface area contributed by atoms with Crippen molar-refractivity contribution in [2.75, 3.05) is 31.6 Å². The molecule has 1 atom stereocenters. The van der Waals surface area contributed by atoms with E-state index in [9.17, 15) is 9.59 Å². The Hall–Kier alpha value is -3.25. The normalized spacial score (nSPS) is 14.4. The van der Waals surface area contributed by atoms with Crippen molar-refractivity contribution in [2.24, 2.45) is 0 Å². The maximum Gasteiger partial charge on any atom is 0.314 e. The molecule has 3 rings (SSSR count). The monoisotopic (exact) mass is 594 g/mol. The van der Waals surface area contributed by atoms with Crippen molar-refractivity contribution in [3.8, 4) is 5.75 Å². The van der Waals surface area contributed by atoms with Crippen LogP contribution in [0.25, 0.3) is 0 Å². The average molecular weight is 595 g/mol. The molecule has 6 nitrogen and oxygen atoms in total. The van der Waals surface area contributed by atoms with E-state index >= 15 is 0 Å². The molecular formula is C35H47ClN2O4. The van der Waals surface area contributed by atoms with Crippen molar-refractivity contribution in [2.45, 2.75) is 83.8 Å². The van der Waals surface area contributed by atoms with Crippen LogP contribution in [0.5, 0.6) is 5.75 Å². The smallest absolute Gasteiger partial charge is 0.314 e. The van der Waals surface area contributed by atoms with Gasteiger partial charge in [0.25, 0.3) is 0 Å². The molecule has 2 aromatic carbocycles. The molecule has 0 N–H and O–H groups in total. The number of esters is 1. The van der Waals surface area contributed by atoms with Crippen molar-refractivity contribution < 1.29 is 19.1 Å². The van der Waals surface area contributed by atoms with E-state index in [0.29, 0.717) is 13.2 Å². The summed E-state index contributed by atoms with van der Waals surface area (Å²) in [6.45, 7) is 15.6. The summed E-state index contributed by atoms with van der Waals surface area (Å²) in [5.74, 6) is -0.555. The summed E-state index contributed by atoms with van der Waals surface area (Å²) in [5.41, 5.74) is 3.33. The maximum atomic E-state index is 13.5. The highest BCUT2D eigenvalue weighted by Gasteiger charge is 2.31. The second kappa shape index (κ2) is 15.8. The first-order valence-corrected chi connectivity index (χ1v) is 15.4. The van der Waals surface area contributed by atoms with E-state index < -0.39 is 17.5 Å². The Kier molecular flexibility index (Phi) is 12.5. The summed E-state index contributed by atoms with van der Waals surface area (Å²) in [6.07, 6.45) is 9.61. The lowest BCUT2D eigenvalue weighted by atomic mass is 9.93. The summed E-state index contributed by atoms with van der Waals surface area (Å²) in [4.78, 5) is 30.6. The van der Waals surface area contributed by atoms with Crippen LogP contribution in [0.3, 0.4) is 0 Å². The number of hydrogen-bond donors (Lipinski definition) is 0. The minimum Gasteiger partial charge on any atom is -0.487 e. The van der Waals surface area contributed by atoms with Crippen LogP contribution >= 0.6 is 11.6 Å². The predicted octanol–water partition coefficient (Wildman–Crippen LogP) is 7.88. The number of likely N-dealkylation sites (N-methyl/N-ethyl adjacent to an activating group) is 1. The molecule has 0 radical (unpaired) electrons. The van der Waals surface area contributed by atoms with Crippen LogP contribution in [0.15, 0.2) is 61.7 Å². The van der Waals surface area contributed by atoms with Crippen molar-refractivity contribution in [1.82, 2.24) is 4.90 Å². The van der Waals surface area contributed by atoms with Gasteiger partial charge in [0.05, 0.1) is 11.6 Å². The van der Waals surface area contributed by atoms with Crippen molar-refractivity contribution in [1.29, 1.82) is 0 Å². The summed E-state index contributed by atoms with van der Waals surface area (Å²) in [5, 5.41) is 0.735. The zero-order valence-electron chi connectivity index (χ0n) is 25.8. The summed E-state index contributed by atoms with van der Waals surface area (Å²) >= 11 is 6.32. The highest BCUT2D eigenvalue weighted by Crippen LogP contribution is 2.36. The van der Waals surface area contributed by atoms with Gasteiger partial charge in [-0.1, -0.05) is 35.9 Å². The first-order valence-electron chi connectivity index (χ1n) is 15.0. The third-order valence-corrected chi connectivity index (χ3v) is 7.62. The second-order valence-corrected chi connectivity index (χ2v) is 12.4. The standard InChI is InChI=1S/C35H47ClN2O4/c1-7-9-10-12-20-38-21-13-11-14-26-22-29(36)17-15-28(26)25-41-32-18-16-27(23-31(32)38)30(34(40)42-35(3,4)5)24-33(39)37(6)19-8-2/h7-8,15-18,22-23,30H,1-2,9-14,19-21,24-25H2,3-6H3/t30-/m1/s1. The molecule has 1 aliphatic rings. The molecular weight excluding hydrogens is 548 g/mol. The van der Waals surface area contributed by atoms with E-state index in [1.807, 2.05) is 63.2 Å². The van der Waals surface area contributed by atoms with E-state index in [0.717, 1.165) is 79.2 Å². The van der Waals surface area contributed by atoms with Crippen LogP contribution in [0.1, 0.15) is 81.9 Å². The number of amides is 1. The van der Waals surface area contributed by atoms with Gasteiger partial charge >= 0.3 is 5.97 Å². The number of carbonyl (C=O) groups excluding carboxylic acids is 2. The fraction of sp³-hybridized carbons (Fsp3) is 0.486. The van der Waals surface area contributed by atoms with Crippen molar-refractivity contribution in [3.05, 3.63) is 83.4 Å². The third-order valence-electron chi connectivity index (χ3n) is 7.39. The number of halogens is 1. The number of ether oxygens (including phenoxy) is 2. The van der Waals surface area contributed by atoms with Gasteiger partial charge in [-0.15, -0.1) is 13.2 Å². The molecule has 2 aromatic rings. The van der Waals surface area contributed by atoms with Gasteiger partial charge in [-0.3, -0.25) is 9.59 Å². The number of aryl methyl sites for hydroxylation is 1. The van der Waals surface area contributed by atoms with Crippen molar-refractivity contribution >= 4 is 29.2 Å². The van der Waals surface area contributed by atoms with Crippen LogP contribution in [-0.2, 0) is 27.4 Å². The van der Waals surface area contributed by atoms with Crippen LogP contribution in [0.2, 0.25) is 5.02 Å². The molecule has 0 saturated carbocycles. The van der Waals surface area contributed by atoms with E-state index in [1.54, 1.807) is 18.0 Å². The number of nitrogens with zero attached hydrogens (tertiary/aromatic N) is 2. The highest BCUT2D eigenvalue weighted by molar-refractivity contribution is 6.30. The number of hydrogen-bond acceptors (Lipinski definition) is 5. The Morgan fingerprint density at radius 2 is 1.88 bits per heavy atom. The summed E-state index contributed by atoms with van der Waals surface area (Å²) in [6, 6.07) is 11.8. The van der Waals surface area contributed by atoms with Gasteiger partial charge in [0.15, 0.2) is 0 Å². The summed E-state index contributed by atoms with van der Waals surface area (Å²) < 4.78 is 12.3. The minimum absolute atomic E-state index is 0.00632. The zero-order valence-corrected chi connectivity index (χ0v) is 26.5. The first-order chi connectivity index (χ1) is 20.0. The van der Waals surface area contributed by atoms with Crippen LogP contribution in [-0.4, -0.2) is 49.1 Å². The van der Waals surface area contributed by atoms with Crippen molar-refractivity contribution in [3.63, 3.8) is 0 Å². The number of anilines is 1. The van der Waals surface area contributed by atoms with E-state index in [2.05, 4.69) is 18.1 Å². The largest absolute Gasteiger partial charge is 0.487 e. The molecule has 7 heteroatoms. The Labute approximate surface area is 257 Å². The topological polar surface area (TPSA) is 59.1 Å². The molecule has 0 unspecified atom stereocenters. The molecule has 0 fully saturated rings. The molecule has 1 aliphatic heterocycles. The van der Waals surface area contributed by atoms with E-state index in [1.165, 1.54) is 5.56 Å². The van der Waals surface area contributed by atoms with Crippen LogP contribution in [0.4, 0.5) is 5.69 Å². The lowest BCUT2D eigenvalue weighted by molar-refractivity contribution is -0.158.